The number of anilines is 2. The topological polar surface area (TPSA) is 67.9 Å². The van der Waals surface area contributed by atoms with Gasteiger partial charge in [0.1, 0.15) is 0 Å². The summed E-state index contributed by atoms with van der Waals surface area (Å²) in [6.07, 6.45) is 5.80. The first-order chi connectivity index (χ1) is 9.66. The third kappa shape index (κ3) is 2.29. The normalized spacial score (nSPS) is 18.5. The van der Waals surface area contributed by atoms with Crippen LogP contribution in [0.25, 0.3) is 0 Å². The van der Waals surface area contributed by atoms with Gasteiger partial charge in [-0.2, -0.15) is 4.98 Å². The first-order valence-corrected chi connectivity index (χ1v) is 7.01. The maximum Gasteiger partial charge on any atom is 0.224 e. The molecule has 0 radical (unpaired) electrons. The molecule has 2 aromatic heterocycles. The largest absolute Gasteiger partial charge is 0.394 e. The summed E-state index contributed by atoms with van der Waals surface area (Å²) in [6, 6.07) is 4.34. The Labute approximate surface area is 122 Å². The highest BCUT2D eigenvalue weighted by Crippen LogP contribution is 2.38. The predicted molar refractivity (Wildman–Crippen MR) is 79.7 cm³/mol. The van der Waals surface area contributed by atoms with Gasteiger partial charge in [0, 0.05) is 18.9 Å². The Kier molecular flexibility index (Phi) is 3.44. The molecule has 2 N–H and O–H groups in total. The van der Waals surface area contributed by atoms with E-state index in [1.165, 1.54) is 5.56 Å². The van der Waals surface area contributed by atoms with E-state index in [1.807, 2.05) is 31.5 Å². The van der Waals surface area contributed by atoms with Crippen molar-refractivity contribution in [3.8, 4) is 0 Å². The molecule has 6 heteroatoms. The van der Waals surface area contributed by atoms with Crippen molar-refractivity contribution in [1.29, 1.82) is 0 Å². The van der Waals surface area contributed by atoms with E-state index in [9.17, 15) is 0 Å². The number of nitrogen functional groups attached to an aromatic ring is 1. The fourth-order valence-electron chi connectivity index (χ4n) is 2.70. The summed E-state index contributed by atoms with van der Waals surface area (Å²) < 4.78 is 0. The van der Waals surface area contributed by atoms with Crippen molar-refractivity contribution in [2.24, 2.45) is 0 Å². The summed E-state index contributed by atoms with van der Waals surface area (Å²) in [6.45, 7) is 2.77. The van der Waals surface area contributed by atoms with Crippen LogP contribution in [0.3, 0.4) is 0 Å². The smallest absolute Gasteiger partial charge is 0.224 e. The number of nitrogens with two attached hydrogens (primary N) is 1. The van der Waals surface area contributed by atoms with E-state index >= 15 is 0 Å². The van der Waals surface area contributed by atoms with Crippen LogP contribution >= 0.6 is 11.6 Å². The highest BCUT2D eigenvalue weighted by molar-refractivity contribution is 6.28. The summed E-state index contributed by atoms with van der Waals surface area (Å²) in [5, 5.41) is 0.243. The summed E-state index contributed by atoms with van der Waals surface area (Å²) in [4.78, 5) is 14.7. The Morgan fingerprint density at radius 2 is 2.05 bits per heavy atom. The average Bonchev–Trinajstić information content (AvgIpc) is 2.93. The second-order valence-electron chi connectivity index (χ2n) is 4.95. The van der Waals surface area contributed by atoms with E-state index in [4.69, 9.17) is 17.3 Å². The van der Waals surface area contributed by atoms with Crippen molar-refractivity contribution in [3.05, 3.63) is 41.1 Å². The maximum absolute atomic E-state index is 6.13. The number of halogens is 1. The third-order valence-corrected chi connectivity index (χ3v) is 3.87. The van der Waals surface area contributed by atoms with Crippen LogP contribution in [0.5, 0.6) is 0 Å². The molecule has 2 aromatic rings. The van der Waals surface area contributed by atoms with Gasteiger partial charge in [0.25, 0.3) is 0 Å². The number of rotatable bonds is 2. The van der Waals surface area contributed by atoms with Gasteiger partial charge in [0.05, 0.1) is 17.4 Å². The van der Waals surface area contributed by atoms with Gasteiger partial charge in [0.15, 0.2) is 5.82 Å². The van der Waals surface area contributed by atoms with Crippen LogP contribution in [0, 0.1) is 6.92 Å². The molecule has 3 rings (SSSR count). The molecule has 1 atom stereocenters. The van der Waals surface area contributed by atoms with Gasteiger partial charge < -0.3 is 10.6 Å². The minimum absolute atomic E-state index is 0.243. The second-order valence-corrected chi connectivity index (χ2v) is 5.29. The van der Waals surface area contributed by atoms with E-state index in [1.54, 1.807) is 0 Å². The van der Waals surface area contributed by atoms with Crippen LogP contribution in [0.4, 0.5) is 11.5 Å². The molecule has 0 saturated carbocycles. The molecule has 1 aliphatic heterocycles. The number of hydrogen-bond acceptors (Lipinski definition) is 5. The van der Waals surface area contributed by atoms with Crippen LogP contribution in [0.1, 0.15) is 30.1 Å². The molecule has 0 amide bonds. The number of aromatic nitrogens is 3. The molecule has 20 heavy (non-hydrogen) atoms. The Bertz CT molecular complexity index is 616. The van der Waals surface area contributed by atoms with E-state index in [0.29, 0.717) is 5.69 Å². The molecule has 3 heterocycles. The lowest BCUT2D eigenvalue weighted by Gasteiger charge is -2.27. The Morgan fingerprint density at radius 1 is 1.30 bits per heavy atom. The Hall–Kier alpha value is -1.88. The van der Waals surface area contributed by atoms with Crippen LogP contribution in [-0.2, 0) is 0 Å². The van der Waals surface area contributed by atoms with Gasteiger partial charge in [-0.05, 0) is 49.1 Å². The van der Waals surface area contributed by atoms with E-state index in [-0.39, 0.29) is 11.3 Å². The molecule has 1 saturated heterocycles. The number of pyridine rings is 1. The standard InChI is InChI=1S/C14H16ClN5/c1-9-12(16)13(19-14(15)18-9)20-8-2-3-11(20)10-4-6-17-7-5-10/h4-7,11H,2-3,8,16H2,1H3. The van der Waals surface area contributed by atoms with Crippen molar-refractivity contribution in [3.63, 3.8) is 0 Å². The fourth-order valence-corrected chi connectivity index (χ4v) is 2.91. The van der Waals surface area contributed by atoms with Crippen LogP contribution in [-0.4, -0.2) is 21.5 Å². The van der Waals surface area contributed by atoms with E-state index in [0.717, 1.165) is 30.9 Å². The van der Waals surface area contributed by atoms with Gasteiger partial charge in [-0.3, -0.25) is 4.98 Å². The zero-order valence-corrected chi connectivity index (χ0v) is 12.0. The second kappa shape index (κ2) is 5.25. The minimum atomic E-state index is 0.243. The lowest BCUT2D eigenvalue weighted by atomic mass is 10.1. The van der Waals surface area contributed by atoms with Gasteiger partial charge in [-0.25, -0.2) is 4.98 Å². The third-order valence-electron chi connectivity index (χ3n) is 3.70. The predicted octanol–water partition coefficient (Wildman–Crippen LogP) is 2.76. The molecule has 0 spiro atoms. The quantitative estimate of drug-likeness (QED) is 0.861. The van der Waals surface area contributed by atoms with Crippen LogP contribution in [0.2, 0.25) is 5.28 Å². The lowest BCUT2D eigenvalue weighted by molar-refractivity contribution is 0.709. The maximum atomic E-state index is 6.13. The first-order valence-electron chi connectivity index (χ1n) is 6.63. The highest BCUT2D eigenvalue weighted by Gasteiger charge is 2.29. The molecule has 0 aliphatic carbocycles. The van der Waals surface area contributed by atoms with Crippen molar-refractivity contribution in [1.82, 2.24) is 15.0 Å². The zero-order valence-electron chi connectivity index (χ0n) is 11.3. The van der Waals surface area contributed by atoms with Crippen molar-refractivity contribution in [2.75, 3.05) is 17.2 Å². The van der Waals surface area contributed by atoms with Gasteiger partial charge >= 0.3 is 0 Å². The zero-order chi connectivity index (χ0) is 14.1. The molecule has 1 aliphatic rings. The number of hydrogen-bond donors (Lipinski definition) is 1. The minimum Gasteiger partial charge on any atom is -0.394 e. The molecule has 0 bridgehead atoms. The van der Waals surface area contributed by atoms with E-state index in [2.05, 4.69) is 19.9 Å². The molecule has 1 unspecified atom stereocenters. The van der Waals surface area contributed by atoms with Crippen molar-refractivity contribution < 1.29 is 0 Å². The molecule has 5 nitrogen and oxygen atoms in total. The van der Waals surface area contributed by atoms with Gasteiger partial charge in [-0.15, -0.1) is 0 Å². The molecular weight excluding hydrogens is 274 g/mol. The summed E-state index contributed by atoms with van der Waals surface area (Å²) in [5.74, 6) is 0.738. The molecular formula is C14H16ClN5. The number of aryl methyl sites for hydroxylation is 1. The van der Waals surface area contributed by atoms with Gasteiger partial charge in [0.2, 0.25) is 5.28 Å². The summed E-state index contributed by atoms with van der Waals surface area (Å²) >= 11 is 5.98. The monoisotopic (exact) mass is 289 g/mol. The van der Waals surface area contributed by atoms with Crippen LogP contribution in [0.15, 0.2) is 24.5 Å². The summed E-state index contributed by atoms with van der Waals surface area (Å²) in [5.41, 5.74) is 8.69. The average molecular weight is 290 g/mol. The first kappa shape index (κ1) is 13.1. The SMILES string of the molecule is Cc1nc(Cl)nc(N2CCCC2c2ccncc2)c1N. The number of nitrogens with zero attached hydrogens (tertiary/aromatic N) is 4. The fraction of sp³-hybridized carbons (Fsp3) is 0.357. The Balaban J connectivity index is 2.01. The summed E-state index contributed by atoms with van der Waals surface area (Å²) in [7, 11) is 0. The molecule has 104 valence electrons. The molecule has 0 aromatic carbocycles. The van der Waals surface area contributed by atoms with Gasteiger partial charge in [-0.1, -0.05) is 0 Å². The van der Waals surface area contributed by atoms with Crippen molar-refractivity contribution >= 4 is 23.1 Å². The molecule has 1 fully saturated rings. The van der Waals surface area contributed by atoms with Crippen LogP contribution < -0.4 is 10.6 Å². The lowest BCUT2D eigenvalue weighted by Crippen LogP contribution is -2.25. The van der Waals surface area contributed by atoms with Crippen molar-refractivity contribution in [2.45, 2.75) is 25.8 Å². The van der Waals surface area contributed by atoms with E-state index < -0.39 is 0 Å². The highest BCUT2D eigenvalue weighted by atomic mass is 35.5. The Morgan fingerprint density at radius 3 is 2.80 bits per heavy atom.